The summed E-state index contributed by atoms with van der Waals surface area (Å²) in [4.78, 5) is 21.5. The number of carbonyl (C=O) groups excluding carboxylic acids is 1. The Morgan fingerprint density at radius 2 is 1.79 bits per heavy atom. The molecule has 0 radical (unpaired) electrons. The van der Waals surface area contributed by atoms with E-state index in [1.165, 1.54) is 5.56 Å². The van der Waals surface area contributed by atoms with Gasteiger partial charge in [0, 0.05) is 50.6 Å². The lowest BCUT2D eigenvalue weighted by atomic mass is 10.1. The van der Waals surface area contributed by atoms with Crippen molar-refractivity contribution < 1.29 is 9.21 Å². The van der Waals surface area contributed by atoms with Crippen LogP contribution in [0.25, 0.3) is 11.3 Å². The van der Waals surface area contributed by atoms with Gasteiger partial charge in [-0.2, -0.15) is 0 Å². The standard InChI is InChI=1S/C24H27N3O2/c1-19-17-26(18-20-8-4-2-5-9-20)14-15-27(19)24(28)13-12-23-25-16-22(29-23)21-10-6-3-7-11-21/h2-11,16,19H,12-15,17-18H2,1H3/t19-/m1/s1. The second-order valence-corrected chi connectivity index (χ2v) is 7.64. The third-order valence-electron chi connectivity index (χ3n) is 5.45. The highest BCUT2D eigenvalue weighted by molar-refractivity contribution is 5.76. The maximum Gasteiger partial charge on any atom is 0.223 e. The number of aryl methyl sites for hydroxylation is 1. The Labute approximate surface area is 172 Å². The van der Waals surface area contributed by atoms with Gasteiger partial charge in [-0.3, -0.25) is 9.69 Å². The molecule has 0 unspecified atom stereocenters. The molecule has 1 aliphatic rings. The van der Waals surface area contributed by atoms with E-state index in [0.29, 0.717) is 18.7 Å². The smallest absolute Gasteiger partial charge is 0.223 e. The van der Waals surface area contributed by atoms with Crippen LogP contribution >= 0.6 is 0 Å². The molecular formula is C24H27N3O2. The van der Waals surface area contributed by atoms with Crippen LogP contribution in [0.1, 0.15) is 24.8 Å². The number of hydrogen-bond acceptors (Lipinski definition) is 4. The maximum absolute atomic E-state index is 12.8. The van der Waals surface area contributed by atoms with E-state index in [-0.39, 0.29) is 11.9 Å². The molecule has 1 saturated heterocycles. The fourth-order valence-electron chi connectivity index (χ4n) is 3.91. The van der Waals surface area contributed by atoms with Crippen molar-refractivity contribution in [2.75, 3.05) is 19.6 Å². The monoisotopic (exact) mass is 389 g/mol. The van der Waals surface area contributed by atoms with Crippen molar-refractivity contribution in [2.24, 2.45) is 0 Å². The van der Waals surface area contributed by atoms with Gasteiger partial charge in [-0.1, -0.05) is 60.7 Å². The van der Waals surface area contributed by atoms with Crippen LogP contribution in [-0.4, -0.2) is 46.4 Å². The summed E-state index contributed by atoms with van der Waals surface area (Å²) in [6.07, 6.45) is 2.69. The van der Waals surface area contributed by atoms with E-state index in [1.54, 1.807) is 6.20 Å². The number of nitrogens with zero attached hydrogens (tertiary/aromatic N) is 3. The predicted octanol–water partition coefficient (Wildman–Crippen LogP) is 4.01. The van der Waals surface area contributed by atoms with E-state index in [1.807, 2.05) is 41.3 Å². The van der Waals surface area contributed by atoms with Gasteiger partial charge in [0.25, 0.3) is 0 Å². The van der Waals surface area contributed by atoms with Gasteiger partial charge in [0.15, 0.2) is 11.7 Å². The third-order valence-corrected chi connectivity index (χ3v) is 5.45. The second kappa shape index (κ2) is 9.05. The van der Waals surface area contributed by atoms with Crippen molar-refractivity contribution in [1.82, 2.24) is 14.8 Å². The number of piperazine rings is 1. The van der Waals surface area contributed by atoms with Gasteiger partial charge < -0.3 is 9.32 Å². The van der Waals surface area contributed by atoms with Crippen molar-refractivity contribution in [3.8, 4) is 11.3 Å². The molecule has 1 fully saturated rings. The molecule has 2 aromatic carbocycles. The molecule has 1 aliphatic heterocycles. The highest BCUT2D eigenvalue weighted by atomic mass is 16.4. The molecule has 0 spiro atoms. The number of carbonyl (C=O) groups is 1. The minimum atomic E-state index is 0.177. The van der Waals surface area contributed by atoms with Crippen LogP contribution in [-0.2, 0) is 17.8 Å². The first-order valence-electron chi connectivity index (χ1n) is 10.2. The molecule has 5 heteroatoms. The summed E-state index contributed by atoms with van der Waals surface area (Å²) in [5, 5.41) is 0. The summed E-state index contributed by atoms with van der Waals surface area (Å²) >= 11 is 0. The van der Waals surface area contributed by atoms with Crippen LogP contribution in [0.5, 0.6) is 0 Å². The predicted molar refractivity (Wildman–Crippen MR) is 113 cm³/mol. The van der Waals surface area contributed by atoms with Gasteiger partial charge in [0.1, 0.15) is 0 Å². The number of rotatable bonds is 6. The summed E-state index contributed by atoms with van der Waals surface area (Å²) in [5.41, 5.74) is 2.32. The SMILES string of the molecule is C[C@@H]1CN(Cc2ccccc2)CCN1C(=O)CCc1ncc(-c2ccccc2)o1. The summed E-state index contributed by atoms with van der Waals surface area (Å²) in [6, 6.07) is 20.6. The van der Waals surface area contributed by atoms with E-state index in [9.17, 15) is 4.79 Å². The number of hydrogen-bond donors (Lipinski definition) is 0. The minimum Gasteiger partial charge on any atom is -0.441 e. The van der Waals surface area contributed by atoms with Gasteiger partial charge in [-0.25, -0.2) is 4.98 Å². The Bertz CT molecular complexity index is 924. The Balaban J connectivity index is 1.28. The topological polar surface area (TPSA) is 49.6 Å². The molecule has 150 valence electrons. The number of oxazole rings is 1. The van der Waals surface area contributed by atoms with E-state index in [4.69, 9.17) is 4.42 Å². The van der Waals surface area contributed by atoms with E-state index in [0.717, 1.165) is 37.5 Å². The fraction of sp³-hybridized carbons (Fsp3) is 0.333. The van der Waals surface area contributed by atoms with Crippen LogP contribution in [0.2, 0.25) is 0 Å². The van der Waals surface area contributed by atoms with Gasteiger partial charge in [-0.15, -0.1) is 0 Å². The Morgan fingerprint density at radius 1 is 1.07 bits per heavy atom. The minimum absolute atomic E-state index is 0.177. The molecule has 2 heterocycles. The normalized spacial score (nSPS) is 17.4. The van der Waals surface area contributed by atoms with E-state index >= 15 is 0 Å². The molecule has 1 aromatic heterocycles. The first kappa shape index (κ1) is 19.4. The van der Waals surface area contributed by atoms with Crippen molar-refractivity contribution in [1.29, 1.82) is 0 Å². The van der Waals surface area contributed by atoms with Crippen molar-refractivity contribution in [3.63, 3.8) is 0 Å². The fourth-order valence-corrected chi connectivity index (χ4v) is 3.91. The van der Waals surface area contributed by atoms with Crippen LogP contribution in [0.3, 0.4) is 0 Å². The molecule has 5 nitrogen and oxygen atoms in total. The lowest BCUT2D eigenvalue weighted by Gasteiger charge is -2.40. The molecule has 0 bridgehead atoms. The van der Waals surface area contributed by atoms with Gasteiger partial charge in [0.2, 0.25) is 5.91 Å². The molecule has 0 N–H and O–H groups in total. The second-order valence-electron chi connectivity index (χ2n) is 7.64. The molecule has 4 rings (SSSR count). The largest absolute Gasteiger partial charge is 0.441 e. The summed E-state index contributed by atoms with van der Waals surface area (Å²) in [6.45, 7) is 5.65. The first-order valence-corrected chi connectivity index (χ1v) is 10.2. The first-order chi connectivity index (χ1) is 14.2. The lowest BCUT2D eigenvalue weighted by molar-refractivity contribution is -0.135. The molecule has 29 heavy (non-hydrogen) atoms. The Kier molecular flexibility index (Phi) is 6.06. The van der Waals surface area contributed by atoms with Crippen LogP contribution in [0.15, 0.2) is 71.3 Å². The molecular weight excluding hydrogens is 362 g/mol. The van der Waals surface area contributed by atoms with Crippen molar-refractivity contribution in [2.45, 2.75) is 32.4 Å². The van der Waals surface area contributed by atoms with Crippen LogP contribution in [0, 0.1) is 0 Å². The zero-order chi connectivity index (χ0) is 20.1. The number of amides is 1. The molecule has 1 atom stereocenters. The summed E-state index contributed by atoms with van der Waals surface area (Å²) in [5.74, 6) is 1.54. The van der Waals surface area contributed by atoms with Crippen molar-refractivity contribution in [3.05, 3.63) is 78.3 Å². The van der Waals surface area contributed by atoms with E-state index < -0.39 is 0 Å². The highest BCUT2D eigenvalue weighted by Gasteiger charge is 2.27. The average molecular weight is 389 g/mol. The van der Waals surface area contributed by atoms with Crippen LogP contribution < -0.4 is 0 Å². The molecule has 1 amide bonds. The van der Waals surface area contributed by atoms with Crippen LogP contribution in [0.4, 0.5) is 0 Å². The van der Waals surface area contributed by atoms with Gasteiger partial charge in [0.05, 0.1) is 6.20 Å². The van der Waals surface area contributed by atoms with Gasteiger partial charge >= 0.3 is 0 Å². The molecule has 0 saturated carbocycles. The third kappa shape index (κ3) is 4.93. The Morgan fingerprint density at radius 3 is 2.52 bits per heavy atom. The van der Waals surface area contributed by atoms with Gasteiger partial charge in [-0.05, 0) is 12.5 Å². The quantitative estimate of drug-likeness (QED) is 0.639. The lowest BCUT2D eigenvalue weighted by Crippen LogP contribution is -2.53. The summed E-state index contributed by atoms with van der Waals surface area (Å²) in [7, 11) is 0. The highest BCUT2D eigenvalue weighted by Crippen LogP contribution is 2.21. The average Bonchev–Trinajstić information content (AvgIpc) is 3.23. The van der Waals surface area contributed by atoms with E-state index in [2.05, 4.69) is 41.1 Å². The number of aromatic nitrogens is 1. The molecule has 3 aromatic rings. The zero-order valence-electron chi connectivity index (χ0n) is 16.8. The summed E-state index contributed by atoms with van der Waals surface area (Å²) < 4.78 is 5.83. The molecule has 0 aliphatic carbocycles. The maximum atomic E-state index is 12.8. The van der Waals surface area contributed by atoms with Crippen molar-refractivity contribution >= 4 is 5.91 Å². The number of benzene rings is 2. The Hall–Kier alpha value is -2.92. The zero-order valence-corrected chi connectivity index (χ0v) is 16.8.